The minimum absolute atomic E-state index is 0.1000. The summed E-state index contributed by atoms with van der Waals surface area (Å²) in [6.07, 6.45) is 4.57. The van der Waals surface area contributed by atoms with Crippen molar-refractivity contribution in [2.75, 3.05) is 0 Å². The minimum Gasteiger partial charge on any atom is -0.374 e. The number of nitrogens with two attached hydrogens (primary N) is 1. The van der Waals surface area contributed by atoms with Crippen molar-refractivity contribution in [3.8, 4) is 11.1 Å². The molecule has 1 heterocycles. The molecule has 0 saturated heterocycles. The van der Waals surface area contributed by atoms with Crippen molar-refractivity contribution in [3.05, 3.63) is 156 Å². The van der Waals surface area contributed by atoms with Crippen molar-refractivity contribution in [2.45, 2.75) is 12.6 Å². The van der Waals surface area contributed by atoms with Crippen LogP contribution in [0.15, 0.2) is 133 Å². The first kappa shape index (κ1) is 22.1. The number of hydrogen-bond donors (Lipinski definition) is 2. The van der Waals surface area contributed by atoms with Gasteiger partial charge in [-0.15, -0.1) is 0 Å². The lowest BCUT2D eigenvalue weighted by atomic mass is 9.91. The summed E-state index contributed by atoms with van der Waals surface area (Å²) >= 11 is 0. The standard InChI is InChI=1S/C34H28N2/c35-23-29-20-15-25-11-7-8-14-31(25)34(29)28-18-16-27(17-19-28)33-22-30(24-9-3-1-4-10-24)21-32(36-33)26-12-5-2-6-13-26/h1-22,32,36H,23,35H2. The zero-order valence-corrected chi connectivity index (χ0v) is 20.1. The van der Waals surface area contributed by atoms with E-state index in [1.165, 1.54) is 38.6 Å². The third kappa shape index (κ3) is 4.24. The molecule has 0 fully saturated rings. The summed E-state index contributed by atoms with van der Waals surface area (Å²) in [5.41, 5.74) is 15.7. The summed E-state index contributed by atoms with van der Waals surface area (Å²) < 4.78 is 0. The van der Waals surface area contributed by atoms with Gasteiger partial charge >= 0.3 is 0 Å². The summed E-state index contributed by atoms with van der Waals surface area (Å²) in [5, 5.41) is 6.23. The van der Waals surface area contributed by atoms with Gasteiger partial charge in [0.15, 0.2) is 0 Å². The predicted octanol–water partition coefficient (Wildman–Crippen LogP) is 7.73. The maximum absolute atomic E-state index is 6.14. The van der Waals surface area contributed by atoms with Gasteiger partial charge in [-0.05, 0) is 61.9 Å². The molecule has 5 aromatic carbocycles. The predicted molar refractivity (Wildman–Crippen MR) is 152 cm³/mol. The van der Waals surface area contributed by atoms with E-state index < -0.39 is 0 Å². The fourth-order valence-corrected chi connectivity index (χ4v) is 5.09. The molecule has 1 unspecified atom stereocenters. The monoisotopic (exact) mass is 464 g/mol. The Morgan fingerprint density at radius 1 is 0.611 bits per heavy atom. The molecule has 0 saturated carbocycles. The van der Waals surface area contributed by atoms with E-state index in [1.807, 2.05) is 0 Å². The van der Waals surface area contributed by atoms with E-state index >= 15 is 0 Å². The highest BCUT2D eigenvalue weighted by Crippen LogP contribution is 2.35. The van der Waals surface area contributed by atoms with Gasteiger partial charge in [-0.25, -0.2) is 0 Å². The Hall–Kier alpha value is -4.40. The molecule has 0 radical (unpaired) electrons. The summed E-state index contributed by atoms with van der Waals surface area (Å²) in [6, 6.07) is 43.0. The van der Waals surface area contributed by atoms with Crippen LogP contribution in [0.3, 0.4) is 0 Å². The van der Waals surface area contributed by atoms with Crippen molar-refractivity contribution >= 4 is 22.0 Å². The number of allylic oxidation sites excluding steroid dienone is 2. The van der Waals surface area contributed by atoms with Crippen molar-refractivity contribution in [2.24, 2.45) is 5.73 Å². The molecule has 2 heteroatoms. The van der Waals surface area contributed by atoms with E-state index in [4.69, 9.17) is 5.73 Å². The van der Waals surface area contributed by atoms with E-state index in [9.17, 15) is 0 Å². The largest absolute Gasteiger partial charge is 0.374 e. The van der Waals surface area contributed by atoms with E-state index in [0.29, 0.717) is 6.54 Å². The third-order valence-corrected chi connectivity index (χ3v) is 6.94. The molecule has 6 rings (SSSR count). The Bertz CT molecular complexity index is 1560. The summed E-state index contributed by atoms with van der Waals surface area (Å²) in [7, 11) is 0. The molecule has 0 aromatic heterocycles. The normalized spacial score (nSPS) is 15.2. The van der Waals surface area contributed by atoms with Crippen molar-refractivity contribution in [1.82, 2.24) is 5.32 Å². The lowest BCUT2D eigenvalue weighted by Gasteiger charge is -2.26. The molecule has 0 aliphatic carbocycles. The Kier molecular flexibility index (Phi) is 5.95. The van der Waals surface area contributed by atoms with Gasteiger partial charge in [-0.1, -0.05) is 121 Å². The Morgan fingerprint density at radius 2 is 1.28 bits per heavy atom. The molecule has 0 amide bonds. The van der Waals surface area contributed by atoms with Gasteiger partial charge in [0.25, 0.3) is 0 Å². The van der Waals surface area contributed by atoms with Crippen molar-refractivity contribution < 1.29 is 0 Å². The third-order valence-electron chi connectivity index (χ3n) is 6.94. The van der Waals surface area contributed by atoms with Gasteiger partial charge in [0.1, 0.15) is 0 Å². The van der Waals surface area contributed by atoms with Crippen LogP contribution in [-0.2, 0) is 6.54 Å². The smallest absolute Gasteiger partial charge is 0.0707 e. The Balaban J connectivity index is 1.41. The van der Waals surface area contributed by atoms with Gasteiger partial charge in [0, 0.05) is 12.2 Å². The van der Waals surface area contributed by atoms with E-state index in [0.717, 1.165) is 16.8 Å². The molecular formula is C34H28N2. The first-order valence-electron chi connectivity index (χ1n) is 12.4. The molecule has 0 bridgehead atoms. The summed E-state index contributed by atoms with van der Waals surface area (Å²) in [6.45, 7) is 0.513. The SMILES string of the molecule is NCc1ccc2ccccc2c1-c1ccc(C2=CC(c3ccccc3)=CC(c3ccccc3)N2)cc1. The van der Waals surface area contributed by atoms with Crippen LogP contribution < -0.4 is 11.1 Å². The number of fused-ring (bicyclic) bond motifs is 1. The van der Waals surface area contributed by atoms with Crippen LogP contribution in [-0.4, -0.2) is 0 Å². The zero-order valence-electron chi connectivity index (χ0n) is 20.1. The second-order valence-corrected chi connectivity index (χ2v) is 9.18. The van der Waals surface area contributed by atoms with Crippen LogP contribution in [0.2, 0.25) is 0 Å². The molecule has 1 aliphatic heterocycles. The van der Waals surface area contributed by atoms with Crippen molar-refractivity contribution in [1.29, 1.82) is 0 Å². The van der Waals surface area contributed by atoms with Gasteiger partial charge in [-0.3, -0.25) is 0 Å². The maximum atomic E-state index is 6.14. The Labute approximate surface area is 212 Å². The van der Waals surface area contributed by atoms with Crippen LogP contribution in [0.25, 0.3) is 33.2 Å². The lowest BCUT2D eigenvalue weighted by molar-refractivity contribution is 0.767. The highest BCUT2D eigenvalue weighted by Gasteiger charge is 2.18. The molecule has 1 atom stereocenters. The summed E-state index contributed by atoms with van der Waals surface area (Å²) in [4.78, 5) is 0. The molecule has 36 heavy (non-hydrogen) atoms. The zero-order chi connectivity index (χ0) is 24.3. The fourth-order valence-electron chi connectivity index (χ4n) is 5.09. The van der Waals surface area contributed by atoms with E-state index in [-0.39, 0.29) is 6.04 Å². The quantitative estimate of drug-likeness (QED) is 0.279. The van der Waals surface area contributed by atoms with Gasteiger partial charge in [0.05, 0.1) is 6.04 Å². The highest BCUT2D eigenvalue weighted by atomic mass is 14.9. The maximum Gasteiger partial charge on any atom is 0.0707 e. The lowest BCUT2D eigenvalue weighted by Crippen LogP contribution is -2.21. The fraction of sp³-hybridized carbons (Fsp3) is 0.0588. The van der Waals surface area contributed by atoms with Crippen LogP contribution in [0.5, 0.6) is 0 Å². The molecule has 5 aromatic rings. The molecule has 3 N–H and O–H groups in total. The summed E-state index contributed by atoms with van der Waals surface area (Å²) in [5.74, 6) is 0. The molecule has 2 nitrogen and oxygen atoms in total. The molecular weight excluding hydrogens is 436 g/mol. The second-order valence-electron chi connectivity index (χ2n) is 9.18. The topological polar surface area (TPSA) is 38.0 Å². The van der Waals surface area contributed by atoms with Crippen LogP contribution in [0, 0.1) is 0 Å². The number of benzene rings is 5. The van der Waals surface area contributed by atoms with Gasteiger partial charge in [-0.2, -0.15) is 0 Å². The number of dihydropyridines is 1. The van der Waals surface area contributed by atoms with Gasteiger partial charge < -0.3 is 11.1 Å². The number of hydrogen-bond acceptors (Lipinski definition) is 2. The van der Waals surface area contributed by atoms with E-state index in [1.54, 1.807) is 0 Å². The van der Waals surface area contributed by atoms with Crippen LogP contribution in [0.1, 0.15) is 28.3 Å². The van der Waals surface area contributed by atoms with Crippen molar-refractivity contribution in [3.63, 3.8) is 0 Å². The molecule has 1 aliphatic rings. The van der Waals surface area contributed by atoms with Crippen LogP contribution >= 0.6 is 0 Å². The number of nitrogens with one attached hydrogen (secondary N) is 1. The van der Waals surface area contributed by atoms with Gasteiger partial charge in [0.2, 0.25) is 0 Å². The molecule has 174 valence electrons. The average Bonchev–Trinajstić information content (AvgIpc) is 2.97. The first-order chi connectivity index (χ1) is 17.8. The van der Waals surface area contributed by atoms with E-state index in [2.05, 4.69) is 139 Å². The highest BCUT2D eigenvalue weighted by molar-refractivity contribution is 5.98. The van der Waals surface area contributed by atoms with Crippen LogP contribution in [0.4, 0.5) is 0 Å². The number of rotatable bonds is 5. The minimum atomic E-state index is 0.1000. The Morgan fingerprint density at radius 3 is 2.03 bits per heavy atom. The second kappa shape index (κ2) is 9.69. The molecule has 0 spiro atoms. The first-order valence-corrected chi connectivity index (χ1v) is 12.4. The average molecular weight is 465 g/mol.